The van der Waals surface area contributed by atoms with Gasteiger partial charge in [-0.2, -0.15) is 0 Å². The van der Waals surface area contributed by atoms with Crippen LogP contribution in [0.4, 0.5) is 0 Å². The quantitative estimate of drug-likeness (QED) is 0.692. The van der Waals surface area contributed by atoms with E-state index in [-0.39, 0.29) is 5.78 Å². The highest BCUT2D eigenvalue weighted by Gasteiger charge is 2.49. The molecule has 17 heavy (non-hydrogen) atoms. The monoisotopic (exact) mass is 230 g/mol. The summed E-state index contributed by atoms with van der Waals surface area (Å²) < 4.78 is 5.82. The lowest BCUT2D eigenvalue weighted by atomic mass is 9.91. The van der Waals surface area contributed by atoms with E-state index in [9.17, 15) is 4.79 Å². The van der Waals surface area contributed by atoms with Crippen molar-refractivity contribution in [3.63, 3.8) is 0 Å². The number of benzene rings is 1. The Morgan fingerprint density at radius 3 is 2.06 bits per heavy atom. The second-order valence-electron chi connectivity index (χ2n) is 5.42. The van der Waals surface area contributed by atoms with Crippen molar-refractivity contribution in [3.05, 3.63) is 41.5 Å². The van der Waals surface area contributed by atoms with Gasteiger partial charge in [-0.05, 0) is 39.3 Å². The highest BCUT2D eigenvalue weighted by atomic mass is 16.5. The first-order chi connectivity index (χ1) is 7.83. The molecule has 2 heteroatoms. The van der Waals surface area contributed by atoms with E-state index in [2.05, 4.69) is 0 Å². The summed E-state index contributed by atoms with van der Waals surface area (Å²) in [6, 6.07) is 9.86. The molecule has 1 aliphatic heterocycles. The van der Waals surface area contributed by atoms with Crippen LogP contribution in [-0.4, -0.2) is 17.0 Å². The minimum absolute atomic E-state index is 0.0753. The number of Topliss-reactive ketones (excluding diaryl/α,β-unsaturated/α-hetero) is 1. The number of ketones is 1. The average molecular weight is 230 g/mol. The second kappa shape index (κ2) is 3.81. The highest BCUT2D eigenvalue weighted by molar-refractivity contribution is 6.08. The Morgan fingerprint density at radius 1 is 1.00 bits per heavy atom. The number of rotatable bonds is 1. The molecule has 0 radical (unpaired) electrons. The van der Waals surface area contributed by atoms with E-state index in [4.69, 9.17) is 4.74 Å². The van der Waals surface area contributed by atoms with Crippen molar-refractivity contribution in [1.29, 1.82) is 0 Å². The number of carbonyl (C=O) groups is 1. The Labute approximate surface area is 102 Å². The smallest absolute Gasteiger partial charge is 0.192 e. The van der Waals surface area contributed by atoms with Crippen LogP contribution in [0.3, 0.4) is 0 Å². The highest BCUT2D eigenvalue weighted by Crippen LogP contribution is 2.39. The van der Waals surface area contributed by atoms with Crippen molar-refractivity contribution in [2.24, 2.45) is 0 Å². The van der Waals surface area contributed by atoms with Crippen molar-refractivity contribution in [3.8, 4) is 0 Å². The van der Waals surface area contributed by atoms with Gasteiger partial charge in [0.15, 0.2) is 5.78 Å². The molecule has 0 spiro atoms. The Hall–Kier alpha value is -1.41. The van der Waals surface area contributed by atoms with Gasteiger partial charge in [0, 0.05) is 5.57 Å². The van der Waals surface area contributed by atoms with E-state index in [1.54, 1.807) is 0 Å². The average Bonchev–Trinajstić information content (AvgIpc) is 2.38. The minimum Gasteiger partial charge on any atom is -0.357 e. The Balaban J connectivity index is 2.45. The number of hydrogen-bond acceptors (Lipinski definition) is 2. The fraction of sp³-hybridized carbons (Fsp3) is 0.400. The maximum Gasteiger partial charge on any atom is 0.192 e. The standard InChI is InChI=1S/C15H18O2/c1-14(2)12(13(16)15(3,4)17-14)10-11-8-6-5-7-9-11/h5-10H,1-4H3. The summed E-state index contributed by atoms with van der Waals surface area (Å²) in [5.41, 5.74) is 0.541. The largest absolute Gasteiger partial charge is 0.357 e. The second-order valence-corrected chi connectivity index (χ2v) is 5.42. The first-order valence-corrected chi connectivity index (χ1v) is 5.85. The first kappa shape index (κ1) is 12.1. The van der Waals surface area contributed by atoms with E-state index in [1.807, 2.05) is 64.1 Å². The van der Waals surface area contributed by atoms with Gasteiger partial charge < -0.3 is 4.74 Å². The van der Waals surface area contributed by atoms with Gasteiger partial charge in [-0.1, -0.05) is 30.3 Å². The third-order valence-corrected chi connectivity index (χ3v) is 3.06. The SMILES string of the molecule is CC1(C)OC(C)(C)C(=Cc2ccccc2)C1=O. The van der Waals surface area contributed by atoms with E-state index >= 15 is 0 Å². The molecule has 0 unspecified atom stereocenters. The summed E-state index contributed by atoms with van der Waals surface area (Å²) in [7, 11) is 0. The predicted octanol–water partition coefficient (Wildman–Crippen LogP) is 3.23. The van der Waals surface area contributed by atoms with Crippen LogP contribution < -0.4 is 0 Å². The molecule has 0 aromatic heterocycles. The van der Waals surface area contributed by atoms with Gasteiger partial charge in [-0.15, -0.1) is 0 Å². The van der Waals surface area contributed by atoms with E-state index in [0.717, 1.165) is 11.1 Å². The normalized spacial score (nSPS) is 24.2. The molecule has 0 bridgehead atoms. The molecule has 1 aliphatic rings. The van der Waals surface area contributed by atoms with Gasteiger partial charge in [0.1, 0.15) is 5.60 Å². The van der Waals surface area contributed by atoms with Crippen molar-refractivity contribution < 1.29 is 9.53 Å². The van der Waals surface area contributed by atoms with Crippen LogP contribution in [-0.2, 0) is 9.53 Å². The van der Waals surface area contributed by atoms with Gasteiger partial charge in [-0.25, -0.2) is 0 Å². The lowest BCUT2D eigenvalue weighted by molar-refractivity contribution is -0.132. The zero-order valence-corrected chi connectivity index (χ0v) is 10.8. The summed E-state index contributed by atoms with van der Waals surface area (Å²) in [5, 5.41) is 0. The molecule has 0 saturated carbocycles. The van der Waals surface area contributed by atoms with Crippen LogP contribution in [0.25, 0.3) is 6.08 Å². The Kier molecular flexibility index (Phi) is 2.70. The summed E-state index contributed by atoms with van der Waals surface area (Å²) in [6.07, 6.45) is 1.93. The summed E-state index contributed by atoms with van der Waals surface area (Å²) in [5.74, 6) is 0.0753. The number of hydrogen-bond donors (Lipinski definition) is 0. The molecular weight excluding hydrogens is 212 g/mol. The molecule has 1 saturated heterocycles. The van der Waals surface area contributed by atoms with E-state index in [0.29, 0.717) is 0 Å². The molecule has 1 heterocycles. The van der Waals surface area contributed by atoms with Gasteiger partial charge in [-0.3, -0.25) is 4.79 Å². The molecule has 2 nitrogen and oxygen atoms in total. The van der Waals surface area contributed by atoms with Crippen LogP contribution in [0.15, 0.2) is 35.9 Å². The van der Waals surface area contributed by atoms with Gasteiger partial charge in [0.05, 0.1) is 5.60 Å². The van der Waals surface area contributed by atoms with Crippen molar-refractivity contribution in [1.82, 2.24) is 0 Å². The van der Waals surface area contributed by atoms with Crippen LogP contribution >= 0.6 is 0 Å². The van der Waals surface area contributed by atoms with E-state index < -0.39 is 11.2 Å². The maximum atomic E-state index is 12.3. The zero-order chi connectivity index (χ0) is 12.7. The lowest BCUT2D eigenvalue weighted by Gasteiger charge is -2.22. The third kappa shape index (κ3) is 2.18. The number of carbonyl (C=O) groups excluding carboxylic acids is 1. The molecule has 0 N–H and O–H groups in total. The van der Waals surface area contributed by atoms with E-state index in [1.165, 1.54) is 0 Å². The first-order valence-electron chi connectivity index (χ1n) is 5.85. The molecule has 1 aromatic rings. The summed E-state index contributed by atoms with van der Waals surface area (Å²) in [6.45, 7) is 7.52. The molecule has 1 fully saturated rings. The zero-order valence-electron chi connectivity index (χ0n) is 10.8. The molecule has 2 rings (SSSR count). The third-order valence-electron chi connectivity index (χ3n) is 3.06. The Morgan fingerprint density at radius 2 is 1.59 bits per heavy atom. The van der Waals surface area contributed by atoms with Crippen LogP contribution in [0.1, 0.15) is 33.3 Å². The van der Waals surface area contributed by atoms with Crippen LogP contribution in [0.2, 0.25) is 0 Å². The van der Waals surface area contributed by atoms with Crippen molar-refractivity contribution in [2.75, 3.05) is 0 Å². The van der Waals surface area contributed by atoms with Crippen molar-refractivity contribution >= 4 is 11.9 Å². The Bertz CT molecular complexity index is 467. The topological polar surface area (TPSA) is 26.3 Å². The van der Waals surface area contributed by atoms with Gasteiger partial charge in [0.25, 0.3) is 0 Å². The maximum absolute atomic E-state index is 12.3. The predicted molar refractivity (Wildman–Crippen MR) is 68.7 cm³/mol. The lowest BCUT2D eigenvalue weighted by Crippen LogP contribution is -2.29. The molecular formula is C15H18O2. The van der Waals surface area contributed by atoms with Gasteiger partial charge in [0.2, 0.25) is 0 Å². The van der Waals surface area contributed by atoms with Crippen LogP contribution in [0, 0.1) is 0 Å². The fourth-order valence-electron chi connectivity index (χ4n) is 2.29. The molecule has 0 atom stereocenters. The number of ether oxygens (including phenoxy) is 1. The fourth-order valence-corrected chi connectivity index (χ4v) is 2.29. The molecule has 0 amide bonds. The minimum atomic E-state index is -0.718. The van der Waals surface area contributed by atoms with Crippen molar-refractivity contribution in [2.45, 2.75) is 38.9 Å². The summed E-state index contributed by atoms with van der Waals surface area (Å²) >= 11 is 0. The molecule has 90 valence electrons. The molecule has 1 aromatic carbocycles. The molecule has 0 aliphatic carbocycles. The van der Waals surface area contributed by atoms with Crippen LogP contribution in [0.5, 0.6) is 0 Å². The summed E-state index contributed by atoms with van der Waals surface area (Å²) in [4.78, 5) is 12.3. The van der Waals surface area contributed by atoms with Gasteiger partial charge >= 0.3 is 0 Å².